The summed E-state index contributed by atoms with van der Waals surface area (Å²) < 4.78 is 10.3. The summed E-state index contributed by atoms with van der Waals surface area (Å²) in [5.74, 6) is -0.294. The van der Waals surface area contributed by atoms with Crippen molar-refractivity contribution in [1.82, 2.24) is 0 Å². The lowest BCUT2D eigenvalue weighted by Gasteiger charge is -2.06. The van der Waals surface area contributed by atoms with Gasteiger partial charge in [0.1, 0.15) is 16.4 Å². The summed E-state index contributed by atoms with van der Waals surface area (Å²) in [5.41, 5.74) is -0.170. The van der Waals surface area contributed by atoms with Gasteiger partial charge in [-0.15, -0.1) is 11.3 Å². The molecule has 0 radical (unpaired) electrons. The van der Waals surface area contributed by atoms with Gasteiger partial charge < -0.3 is 14.6 Å². The first-order valence-corrected chi connectivity index (χ1v) is 6.21. The lowest BCUT2D eigenvalue weighted by atomic mass is 10.3. The molecule has 0 amide bonds. The molecule has 1 aromatic carbocycles. The van der Waals surface area contributed by atoms with Gasteiger partial charge in [-0.05, 0) is 6.07 Å². The van der Waals surface area contributed by atoms with Gasteiger partial charge in [0.25, 0.3) is 0 Å². The Morgan fingerprint density at radius 2 is 2.10 bits per heavy atom. The van der Waals surface area contributed by atoms with Crippen LogP contribution in [-0.2, 0) is 0 Å². The van der Waals surface area contributed by atoms with Gasteiger partial charge >= 0.3 is 11.7 Å². The molecular weight excluding hydrogens is 286 g/mol. The van der Waals surface area contributed by atoms with E-state index in [1.807, 2.05) is 0 Å². The van der Waals surface area contributed by atoms with Crippen LogP contribution < -0.4 is 9.47 Å². The first kappa shape index (κ1) is 13.8. The minimum atomic E-state index is -1.04. The van der Waals surface area contributed by atoms with Crippen LogP contribution in [0.15, 0.2) is 29.6 Å². The molecule has 20 heavy (non-hydrogen) atoms. The molecule has 7 nitrogen and oxygen atoms in total. The van der Waals surface area contributed by atoms with Crippen LogP contribution in [0.25, 0.3) is 0 Å². The maximum Gasteiger partial charge on any atom is 0.346 e. The monoisotopic (exact) mass is 295 g/mol. The predicted octanol–water partition coefficient (Wildman–Crippen LogP) is 3.16. The molecule has 0 spiro atoms. The van der Waals surface area contributed by atoms with Crippen molar-refractivity contribution in [2.75, 3.05) is 7.11 Å². The van der Waals surface area contributed by atoms with Crippen molar-refractivity contribution in [3.05, 3.63) is 44.6 Å². The van der Waals surface area contributed by atoms with Crippen LogP contribution in [0.4, 0.5) is 5.69 Å². The minimum absolute atomic E-state index is 0.0705. The number of carboxylic acid groups (broad SMARTS) is 1. The summed E-state index contributed by atoms with van der Waals surface area (Å²) in [7, 11) is 1.32. The van der Waals surface area contributed by atoms with Crippen LogP contribution in [0, 0.1) is 10.1 Å². The maximum absolute atomic E-state index is 10.7. The number of methoxy groups -OCH3 is 1. The second-order valence-corrected chi connectivity index (χ2v) is 4.56. The molecule has 1 aromatic heterocycles. The van der Waals surface area contributed by atoms with Gasteiger partial charge in [0.05, 0.1) is 12.0 Å². The number of nitro groups is 1. The fraction of sp³-hybridized carbons (Fsp3) is 0.0833. The van der Waals surface area contributed by atoms with Crippen molar-refractivity contribution in [3.8, 4) is 17.2 Å². The highest BCUT2D eigenvalue weighted by molar-refractivity contribution is 7.12. The zero-order chi connectivity index (χ0) is 14.7. The van der Waals surface area contributed by atoms with E-state index in [1.165, 1.54) is 36.8 Å². The SMILES string of the molecule is COc1cc(Oc2csc(C(=O)O)c2)ccc1[N+](=O)[O-]. The number of ether oxygens (including phenoxy) is 2. The van der Waals surface area contributed by atoms with Crippen molar-refractivity contribution in [3.63, 3.8) is 0 Å². The minimum Gasteiger partial charge on any atom is -0.490 e. The molecule has 0 aliphatic heterocycles. The third-order valence-electron chi connectivity index (χ3n) is 2.37. The van der Waals surface area contributed by atoms with Gasteiger partial charge in [0.2, 0.25) is 5.75 Å². The summed E-state index contributed by atoms with van der Waals surface area (Å²) in [6.07, 6.45) is 0. The Bertz CT molecular complexity index is 666. The van der Waals surface area contributed by atoms with Gasteiger partial charge in [0.15, 0.2) is 0 Å². The Labute approximate surface area is 117 Å². The molecule has 0 unspecified atom stereocenters. The number of rotatable bonds is 5. The standard InChI is InChI=1S/C12H9NO6S/c1-18-10-4-7(2-3-9(10)13(16)17)19-8-5-11(12(14)15)20-6-8/h2-6H,1H3,(H,14,15). The summed E-state index contributed by atoms with van der Waals surface area (Å²) in [6.45, 7) is 0. The van der Waals surface area contributed by atoms with Gasteiger partial charge in [-0.2, -0.15) is 0 Å². The smallest absolute Gasteiger partial charge is 0.346 e. The lowest BCUT2D eigenvalue weighted by Crippen LogP contribution is -1.94. The van der Waals surface area contributed by atoms with Crippen LogP contribution in [0.1, 0.15) is 9.67 Å². The van der Waals surface area contributed by atoms with E-state index in [4.69, 9.17) is 14.6 Å². The summed E-state index contributed by atoms with van der Waals surface area (Å²) in [5, 5.41) is 21.1. The Kier molecular flexibility index (Phi) is 3.85. The molecule has 0 bridgehead atoms. The lowest BCUT2D eigenvalue weighted by molar-refractivity contribution is -0.385. The molecular formula is C12H9NO6S. The van der Waals surface area contributed by atoms with Gasteiger partial charge in [-0.25, -0.2) is 4.79 Å². The van der Waals surface area contributed by atoms with Gasteiger partial charge in [0, 0.05) is 23.6 Å². The van der Waals surface area contributed by atoms with E-state index in [2.05, 4.69) is 0 Å². The van der Waals surface area contributed by atoms with E-state index >= 15 is 0 Å². The van der Waals surface area contributed by atoms with Crippen molar-refractivity contribution in [2.45, 2.75) is 0 Å². The largest absolute Gasteiger partial charge is 0.490 e. The number of thiophene rings is 1. The highest BCUT2D eigenvalue weighted by Gasteiger charge is 2.16. The molecule has 2 rings (SSSR count). The van der Waals surface area contributed by atoms with E-state index in [1.54, 1.807) is 0 Å². The number of aromatic carboxylic acids is 1. The molecule has 0 saturated heterocycles. The Morgan fingerprint density at radius 1 is 1.35 bits per heavy atom. The quantitative estimate of drug-likeness (QED) is 0.672. The summed E-state index contributed by atoms with van der Waals surface area (Å²) in [4.78, 5) is 21.1. The number of nitro benzene ring substituents is 1. The molecule has 0 fully saturated rings. The van der Waals surface area contributed by atoms with Crippen molar-refractivity contribution >= 4 is 23.0 Å². The van der Waals surface area contributed by atoms with E-state index in [0.29, 0.717) is 11.5 Å². The normalized spacial score (nSPS) is 10.1. The van der Waals surface area contributed by atoms with Crippen LogP contribution >= 0.6 is 11.3 Å². The Morgan fingerprint density at radius 3 is 2.65 bits per heavy atom. The fourth-order valence-electron chi connectivity index (χ4n) is 1.49. The van der Waals surface area contributed by atoms with Crippen molar-refractivity contribution in [1.29, 1.82) is 0 Å². The first-order valence-electron chi connectivity index (χ1n) is 5.33. The summed E-state index contributed by atoms with van der Waals surface area (Å²) in [6, 6.07) is 5.43. The van der Waals surface area contributed by atoms with E-state index in [-0.39, 0.29) is 16.3 Å². The second-order valence-electron chi connectivity index (χ2n) is 3.64. The van der Waals surface area contributed by atoms with Gasteiger partial charge in [-0.1, -0.05) is 0 Å². The molecule has 104 valence electrons. The van der Waals surface area contributed by atoms with Gasteiger partial charge in [-0.3, -0.25) is 10.1 Å². The van der Waals surface area contributed by atoms with Crippen LogP contribution in [0.5, 0.6) is 17.2 Å². The van der Waals surface area contributed by atoms with Crippen molar-refractivity contribution < 1.29 is 24.3 Å². The zero-order valence-electron chi connectivity index (χ0n) is 10.2. The topological polar surface area (TPSA) is 98.9 Å². The van der Waals surface area contributed by atoms with E-state index in [9.17, 15) is 14.9 Å². The predicted molar refractivity (Wildman–Crippen MR) is 71.0 cm³/mol. The Balaban J connectivity index is 2.25. The number of nitrogens with zero attached hydrogens (tertiary/aromatic N) is 1. The number of hydrogen-bond acceptors (Lipinski definition) is 6. The van der Waals surface area contributed by atoms with Crippen LogP contribution in [0.2, 0.25) is 0 Å². The molecule has 0 aliphatic rings. The molecule has 0 aliphatic carbocycles. The average Bonchev–Trinajstić information content (AvgIpc) is 2.87. The number of carbonyl (C=O) groups is 1. The summed E-state index contributed by atoms with van der Waals surface area (Å²) >= 11 is 1.03. The molecule has 0 atom stereocenters. The molecule has 2 aromatic rings. The Hall–Kier alpha value is -2.61. The first-order chi connectivity index (χ1) is 9.51. The van der Waals surface area contributed by atoms with E-state index in [0.717, 1.165) is 11.3 Å². The third-order valence-corrected chi connectivity index (χ3v) is 3.27. The highest BCUT2D eigenvalue weighted by Crippen LogP contribution is 2.34. The highest BCUT2D eigenvalue weighted by atomic mass is 32.1. The average molecular weight is 295 g/mol. The molecule has 1 N–H and O–H groups in total. The fourth-order valence-corrected chi connectivity index (χ4v) is 2.14. The van der Waals surface area contributed by atoms with Crippen LogP contribution in [-0.4, -0.2) is 23.1 Å². The second kappa shape index (κ2) is 5.57. The number of hydrogen-bond donors (Lipinski definition) is 1. The maximum atomic E-state index is 10.7. The molecule has 8 heteroatoms. The number of carboxylic acids is 1. The van der Waals surface area contributed by atoms with E-state index < -0.39 is 10.9 Å². The van der Waals surface area contributed by atoms with Crippen molar-refractivity contribution in [2.24, 2.45) is 0 Å². The number of benzene rings is 1. The van der Waals surface area contributed by atoms with Crippen LogP contribution in [0.3, 0.4) is 0 Å². The zero-order valence-corrected chi connectivity index (χ0v) is 11.0. The molecule has 0 saturated carbocycles. The third kappa shape index (κ3) is 2.86. The molecule has 1 heterocycles.